The summed E-state index contributed by atoms with van der Waals surface area (Å²) in [6, 6.07) is 18.0. The Morgan fingerprint density at radius 3 is 2.20 bits per heavy atom. The molecule has 0 fully saturated rings. The molecule has 0 aliphatic carbocycles. The maximum Gasteiger partial charge on any atom is 0.148 e. The molecule has 1 aliphatic rings. The van der Waals surface area contributed by atoms with E-state index in [1.165, 1.54) is 0 Å². The molecule has 0 bridgehead atoms. The van der Waals surface area contributed by atoms with E-state index in [9.17, 15) is 4.55 Å². The van der Waals surface area contributed by atoms with Gasteiger partial charge in [0.25, 0.3) is 0 Å². The van der Waals surface area contributed by atoms with Crippen LogP contribution in [0.25, 0.3) is 0 Å². The van der Waals surface area contributed by atoms with Crippen LogP contribution in [0.1, 0.15) is 37.9 Å². The quantitative estimate of drug-likeness (QED) is 0.715. The van der Waals surface area contributed by atoms with Gasteiger partial charge in [0.2, 0.25) is 0 Å². The standard InChI is InChI=1S/C17H19NOS/c1-17(2,3)20(19)15-12-8-7-11-14(15)16(18-20)13-9-5-4-6-10-13/h4-12,16H,1-3H3/t16-,20?/m0/s1. The molecule has 2 atom stereocenters. The summed E-state index contributed by atoms with van der Waals surface area (Å²) in [5.74, 6) is 0. The number of fused-ring (bicyclic) bond motifs is 1. The molecule has 0 saturated carbocycles. The molecule has 1 unspecified atom stereocenters. The maximum absolute atomic E-state index is 13.4. The van der Waals surface area contributed by atoms with Crippen molar-refractivity contribution < 1.29 is 4.55 Å². The zero-order valence-corrected chi connectivity index (χ0v) is 12.9. The molecule has 0 radical (unpaired) electrons. The molecule has 3 heteroatoms. The van der Waals surface area contributed by atoms with Crippen molar-refractivity contribution in [1.82, 2.24) is 0 Å². The van der Waals surface area contributed by atoms with E-state index in [1.807, 2.05) is 57.2 Å². The Morgan fingerprint density at radius 1 is 0.950 bits per heavy atom. The van der Waals surface area contributed by atoms with E-state index in [1.54, 1.807) is 0 Å². The summed E-state index contributed by atoms with van der Waals surface area (Å²) in [6.45, 7) is 6.01. The second-order valence-electron chi connectivity index (χ2n) is 6.09. The Labute approximate surface area is 121 Å². The highest BCUT2D eigenvalue weighted by Crippen LogP contribution is 2.47. The normalized spacial score (nSPS) is 25.1. The fourth-order valence-electron chi connectivity index (χ4n) is 2.58. The van der Waals surface area contributed by atoms with E-state index < -0.39 is 10.1 Å². The van der Waals surface area contributed by atoms with E-state index in [2.05, 4.69) is 18.2 Å². The molecule has 2 aromatic carbocycles. The minimum Gasteiger partial charge on any atom is -0.626 e. The van der Waals surface area contributed by atoms with Crippen LogP contribution in [0.4, 0.5) is 0 Å². The highest BCUT2D eigenvalue weighted by Gasteiger charge is 2.42. The first-order valence-corrected chi connectivity index (χ1v) is 8.35. The fraction of sp³-hybridized carbons (Fsp3) is 0.294. The second kappa shape index (κ2) is 4.54. The summed E-state index contributed by atoms with van der Waals surface area (Å²) >= 11 is 0. The predicted molar refractivity (Wildman–Crippen MR) is 83.3 cm³/mol. The number of hydrogen-bond acceptors (Lipinski definition) is 2. The Kier molecular flexibility index (Phi) is 3.07. The van der Waals surface area contributed by atoms with E-state index in [0.717, 1.165) is 16.0 Å². The van der Waals surface area contributed by atoms with Gasteiger partial charge in [0.15, 0.2) is 0 Å². The van der Waals surface area contributed by atoms with Crippen LogP contribution in [0.2, 0.25) is 0 Å². The second-order valence-corrected chi connectivity index (χ2v) is 9.02. The maximum atomic E-state index is 13.4. The number of hydrogen-bond donors (Lipinski definition) is 0. The van der Waals surface area contributed by atoms with Gasteiger partial charge in [-0.15, -0.1) is 4.36 Å². The van der Waals surface area contributed by atoms with Gasteiger partial charge in [-0.2, -0.15) is 0 Å². The first kappa shape index (κ1) is 13.5. The fourth-order valence-corrected chi connectivity index (χ4v) is 4.97. The molecule has 0 N–H and O–H groups in total. The van der Waals surface area contributed by atoms with Crippen LogP contribution in [-0.2, 0) is 10.1 Å². The van der Waals surface area contributed by atoms with Gasteiger partial charge < -0.3 is 4.55 Å². The smallest absolute Gasteiger partial charge is 0.148 e. The number of benzene rings is 2. The van der Waals surface area contributed by atoms with Gasteiger partial charge in [-0.3, -0.25) is 0 Å². The summed E-state index contributed by atoms with van der Waals surface area (Å²) in [4.78, 5) is 0.904. The summed E-state index contributed by atoms with van der Waals surface area (Å²) in [7, 11) is -2.40. The van der Waals surface area contributed by atoms with Crippen LogP contribution in [0, 0.1) is 0 Å². The third-order valence-electron chi connectivity index (χ3n) is 3.71. The summed E-state index contributed by atoms with van der Waals surface area (Å²) < 4.78 is 17.8. The van der Waals surface area contributed by atoms with E-state index in [0.29, 0.717) is 0 Å². The Hall–Kier alpha value is -1.45. The topological polar surface area (TPSA) is 35.4 Å². The molecular weight excluding hydrogens is 266 g/mol. The molecule has 2 aromatic rings. The summed E-state index contributed by atoms with van der Waals surface area (Å²) in [5, 5.41) is 0. The van der Waals surface area contributed by atoms with E-state index >= 15 is 0 Å². The zero-order valence-electron chi connectivity index (χ0n) is 12.0. The van der Waals surface area contributed by atoms with E-state index in [-0.39, 0.29) is 10.8 Å². The van der Waals surface area contributed by atoms with Gasteiger partial charge in [-0.1, -0.05) is 48.5 Å². The lowest BCUT2D eigenvalue weighted by molar-refractivity contribution is 0.547. The average molecular weight is 285 g/mol. The van der Waals surface area contributed by atoms with Gasteiger partial charge in [0.1, 0.15) is 15.7 Å². The monoisotopic (exact) mass is 285 g/mol. The van der Waals surface area contributed by atoms with Crippen molar-refractivity contribution in [2.45, 2.75) is 36.5 Å². The molecule has 0 aromatic heterocycles. The SMILES string of the molecule is CC(C)(C)[S+]1([O-])=N[C@@H](c2ccccc2)c2ccccc21. The largest absolute Gasteiger partial charge is 0.626 e. The molecule has 0 amide bonds. The minimum absolute atomic E-state index is 0.112. The average Bonchev–Trinajstić information content (AvgIpc) is 2.75. The molecule has 20 heavy (non-hydrogen) atoms. The van der Waals surface area contributed by atoms with Gasteiger partial charge >= 0.3 is 0 Å². The van der Waals surface area contributed by atoms with Gasteiger partial charge in [-0.25, -0.2) is 0 Å². The van der Waals surface area contributed by atoms with Crippen molar-refractivity contribution in [1.29, 1.82) is 0 Å². The zero-order chi connectivity index (χ0) is 14.4. The van der Waals surface area contributed by atoms with Crippen LogP contribution >= 0.6 is 0 Å². The molecular formula is C17H19NOS. The number of nitrogens with zero attached hydrogens (tertiary/aromatic N) is 1. The summed E-state index contributed by atoms with van der Waals surface area (Å²) in [5.41, 5.74) is 2.19. The lowest BCUT2D eigenvalue weighted by atomic mass is 10.00. The van der Waals surface area contributed by atoms with Crippen molar-refractivity contribution in [3.8, 4) is 0 Å². The van der Waals surface area contributed by atoms with Crippen molar-refractivity contribution >= 4 is 10.1 Å². The van der Waals surface area contributed by atoms with Gasteiger partial charge in [-0.05, 0) is 42.5 Å². The van der Waals surface area contributed by atoms with Crippen LogP contribution in [0.3, 0.4) is 0 Å². The highest BCUT2D eigenvalue weighted by molar-refractivity contribution is 8.01. The van der Waals surface area contributed by atoms with Gasteiger partial charge in [0, 0.05) is 5.56 Å². The first-order chi connectivity index (χ1) is 9.43. The van der Waals surface area contributed by atoms with Crippen LogP contribution in [-0.4, -0.2) is 9.30 Å². The van der Waals surface area contributed by atoms with Crippen molar-refractivity contribution in [3.05, 3.63) is 65.7 Å². The van der Waals surface area contributed by atoms with Gasteiger partial charge in [0.05, 0.1) is 0 Å². The molecule has 1 aliphatic heterocycles. The molecule has 0 spiro atoms. The summed E-state index contributed by atoms with van der Waals surface area (Å²) in [6.07, 6.45) is 0. The van der Waals surface area contributed by atoms with Crippen molar-refractivity contribution in [2.24, 2.45) is 4.36 Å². The van der Waals surface area contributed by atoms with Crippen molar-refractivity contribution in [2.75, 3.05) is 0 Å². The Bertz CT molecular complexity index is 686. The Balaban J connectivity index is 2.25. The van der Waals surface area contributed by atoms with Crippen molar-refractivity contribution in [3.63, 3.8) is 0 Å². The third-order valence-corrected chi connectivity index (χ3v) is 6.85. The number of rotatable bonds is 1. The predicted octanol–water partition coefficient (Wildman–Crippen LogP) is 4.42. The van der Waals surface area contributed by atoms with Crippen LogP contribution in [0.15, 0.2) is 63.9 Å². The van der Waals surface area contributed by atoms with Crippen LogP contribution < -0.4 is 0 Å². The molecule has 0 saturated heterocycles. The lowest BCUT2D eigenvalue weighted by Gasteiger charge is -2.32. The Morgan fingerprint density at radius 2 is 1.55 bits per heavy atom. The molecule has 104 valence electrons. The third kappa shape index (κ3) is 1.93. The highest BCUT2D eigenvalue weighted by atomic mass is 32.3. The van der Waals surface area contributed by atoms with E-state index in [4.69, 9.17) is 4.36 Å². The first-order valence-electron chi connectivity index (χ1n) is 6.83. The minimum atomic E-state index is -2.40. The lowest BCUT2D eigenvalue weighted by Crippen LogP contribution is -2.33. The molecule has 2 nitrogen and oxygen atoms in total. The molecule has 1 heterocycles. The molecule has 3 rings (SSSR count). The van der Waals surface area contributed by atoms with Crippen LogP contribution in [0.5, 0.6) is 0 Å².